The number of rotatable bonds is 4. The van der Waals surface area contributed by atoms with Crippen LogP contribution in [0.3, 0.4) is 0 Å². The van der Waals surface area contributed by atoms with Gasteiger partial charge in [0.1, 0.15) is 5.75 Å². The zero-order valence-corrected chi connectivity index (χ0v) is 15.2. The van der Waals surface area contributed by atoms with Gasteiger partial charge in [-0.3, -0.25) is 0 Å². The molecule has 5 aromatic rings. The number of para-hydroxylation sites is 3. The third kappa shape index (κ3) is 2.84. The number of benzene rings is 4. The molecule has 0 saturated carbocycles. The van der Waals surface area contributed by atoms with Gasteiger partial charge in [0.2, 0.25) is 0 Å². The fourth-order valence-electron chi connectivity index (χ4n) is 3.71. The highest BCUT2D eigenvalue weighted by molar-refractivity contribution is 6.64. The summed E-state index contributed by atoms with van der Waals surface area (Å²) in [5.74, 6) is 0.648. The SMILES string of the molecule is OB(Oc1ccccc1-c1ccccc1)c1cccc2c1[nH]c1ccccc12. The number of aromatic amines is 1. The standard InChI is InChI=1S/C24H18BNO2/c27-25(28-23-16-7-5-11-18(23)17-9-2-1-3-10-17)21-14-8-13-20-19-12-4-6-15-22(19)26-24(20)21/h1-16,26-27H. The monoisotopic (exact) mass is 363 g/mol. The molecule has 0 aliphatic heterocycles. The van der Waals surface area contributed by atoms with E-state index in [-0.39, 0.29) is 0 Å². The van der Waals surface area contributed by atoms with Gasteiger partial charge in [-0.15, -0.1) is 0 Å². The van der Waals surface area contributed by atoms with Crippen molar-refractivity contribution in [3.63, 3.8) is 0 Å². The van der Waals surface area contributed by atoms with Crippen molar-refractivity contribution in [1.82, 2.24) is 4.98 Å². The van der Waals surface area contributed by atoms with Gasteiger partial charge in [-0.25, -0.2) is 0 Å². The summed E-state index contributed by atoms with van der Waals surface area (Å²) >= 11 is 0. The lowest BCUT2D eigenvalue weighted by atomic mass is 9.78. The maximum atomic E-state index is 10.9. The molecule has 4 aromatic carbocycles. The summed E-state index contributed by atoms with van der Waals surface area (Å²) in [6.07, 6.45) is 0. The Labute approximate surface area is 163 Å². The van der Waals surface area contributed by atoms with Crippen molar-refractivity contribution in [2.24, 2.45) is 0 Å². The Kier molecular flexibility index (Phi) is 4.11. The quantitative estimate of drug-likeness (QED) is 0.453. The molecule has 2 N–H and O–H groups in total. The van der Waals surface area contributed by atoms with Crippen LogP contribution in [0.1, 0.15) is 0 Å². The summed E-state index contributed by atoms with van der Waals surface area (Å²) in [5.41, 5.74) is 4.66. The van der Waals surface area contributed by atoms with Crippen LogP contribution >= 0.6 is 0 Å². The zero-order valence-electron chi connectivity index (χ0n) is 15.2. The maximum absolute atomic E-state index is 10.9. The van der Waals surface area contributed by atoms with Crippen molar-refractivity contribution in [3.8, 4) is 16.9 Å². The van der Waals surface area contributed by atoms with Crippen LogP contribution in [-0.2, 0) is 0 Å². The summed E-state index contributed by atoms with van der Waals surface area (Å²) < 4.78 is 6.03. The Morgan fingerprint density at radius 2 is 1.39 bits per heavy atom. The van der Waals surface area contributed by atoms with Gasteiger partial charge >= 0.3 is 7.12 Å². The second-order valence-electron chi connectivity index (χ2n) is 6.77. The summed E-state index contributed by atoms with van der Waals surface area (Å²) in [4.78, 5) is 3.42. The fraction of sp³-hybridized carbons (Fsp3) is 0. The van der Waals surface area contributed by atoms with Gasteiger partial charge < -0.3 is 14.7 Å². The molecular weight excluding hydrogens is 345 g/mol. The van der Waals surface area contributed by atoms with E-state index in [9.17, 15) is 5.02 Å². The zero-order chi connectivity index (χ0) is 18.9. The van der Waals surface area contributed by atoms with Crippen molar-refractivity contribution in [2.45, 2.75) is 0 Å². The van der Waals surface area contributed by atoms with Crippen LogP contribution in [0.15, 0.2) is 97.1 Å². The molecule has 0 spiro atoms. The van der Waals surface area contributed by atoms with Crippen LogP contribution in [0.5, 0.6) is 5.75 Å². The van der Waals surface area contributed by atoms with Crippen LogP contribution in [0.2, 0.25) is 0 Å². The Morgan fingerprint density at radius 1 is 0.679 bits per heavy atom. The topological polar surface area (TPSA) is 45.2 Å². The lowest BCUT2D eigenvalue weighted by Crippen LogP contribution is -2.37. The molecule has 1 heterocycles. The van der Waals surface area contributed by atoms with Gasteiger partial charge in [-0.2, -0.15) is 0 Å². The van der Waals surface area contributed by atoms with Crippen molar-refractivity contribution in [3.05, 3.63) is 97.1 Å². The molecule has 4 heteroatoms. The van der Waals surface area contributed by atoms with Crippen molar-refractivity contribution >= 4 is 34.4 Å². The third-order valence-electron chi connectivity index (χ3n) is 5.05. The molecule has 0 fully saturated rings. The van der Waals surface area contributed by atoms with Crippen molar-refractivity contribution in [2.75, 3.05) is 0 Å². The van der Waals surface area contributed by atoms with Gasteiger partial charge in [-0.1, -0.05) is 84.9 Å². The number of H-pyrrole nitrogens is 1. The molecule has 28 heavy (non-hydrogen) atoms. The number of nitrogens with one attached hydrogen (secondary N) is 1. The Hall–Kier alpha value is -3.50. The van der Waals surface area contributed by atoms with E-state index in [1.165, 1.54) is 0 Å². The van der Waals surface area contributed by atoms with Crippen LogP contribution in [0.25, 0.3) is 32.9 Å². The predicted molar refractivity (Wildman–Crippen MR) is 116 cm³/mol. The van der Waals surface area contributed by atoms with Crippen molar-refractivity contribution in [1.29, 1.82) is 0 Å². The molecular formula is C24H18BNO2. The van der Waals surface area contributed by atoms with Gasteiger partial charge in [0, 0.05) is 32.8 Å². The predicted octanol–water partition coefficient (Wildman–Crippen LogP) is 4.75. The van der Waals surface area contributed by atoms with E-state index in [0.717, 1.165) is 38.4 Å². The molecule has 1 aromatic heterocycles. The van der Waals surface area contributed by atoms with Crippen LogP contribution in [0, 0.1) is 0 Å². The molecule has 0 aliphatic rings. The van der Waals surface area contributed by atoms with E-state index in [2.05, 4.69) is 17.1 Å². The lowest BCUT2D eigenvalue weighted by molar-refractivity contribution is 0.434. The highest BCUT2D eigenvalue weighted by atomic mass is 16.5. The van der Waals surface area contributed by atoms with Gasteiger partial charge in [0.15, 0.2) is 0 Å². The van der Waals surface area contributed by atoms with Crippen molar-refractivity contribution < 1.29 is 9.68 Å². The fourth-order valence-corrected chi connectivity index (χ4v) is 3.71. The minimum Gasteiger partial charge on any atom is -0.532 e. The molecule has 3 nitrogen and oxygen atoms in total. The van der Waals surface area contributed by atoms with E-state index in [4.69, 9.17) is 4.65 Å². The normalized spacial score (nSPS) is 11.0. The summed E-state index contributed by atoms with van der Waals surface area (Å²) in [7, 11) is -1.08. The smallest absolute Gasteiger partial charge is 0.532 e. The molecule has 0 unspecified atom stereocenters. The number of fused-ring (bicyclic) bond motifs is 3. The largest absolute Gasteiger partial charge is 0.562 e. The van der Waals surface area contributed by atoms with Gasteiger partial charge in [0.25, 0.3) is 0 Å². The minimum atomic E-state index is -1.08. The Balaban J connectivity index is 1.56. The molecule has 134 valence electrons. The molecule has 0 aliphatic carbocycles. The molecule has 0 radical (unpaired) electrons. The lowest BCUT2D eigenvalue weighted by Gasteiger charge is -2.15. The Bertz CT molecular complexity index is 1260. The average Bonchev–Trinajstić information content (AvgIpc) is 3.13. The van der Waals surface area contributed by atoms with E-state index < -0.39 is 7.12 Å². The maximum Gasteiger partial charge on any atom is 0.562 e. The van der Waals surface area contributed by atoms with E-state index in [1.54, 1.807) is 0 Å². The second kappa shape index (κ2) is 6.91. The second-order valence-corrected chi connectivity index (χ2v) is 6.77. The molecule has 0 bridgehead atoms. The first-order valence-electron chi connectivity index (χ1n) is 9.30. The number of hydrogen-bond donors (Lipinski definition) is 2. The first kappa shape index (κ1) is 16.7. The first-order valence-corrected chi connectivity index (χ1v) is 9.30. The molecule has 0 atom stereocenters. The van der Waals surface area contributed by atoms with Crippen LogP contribution < -0.4 is 10.1 Å². The third-order valence-corrected chi connectivity index (χ3v) is 5.05. The molecule has 5 rings (SSSR count). The number of hydrogen-bond acceptors (Lipinski definition) is 2. The molecule has 0 saturated heterocycles. The van der Waals surface area contributed by atoms with E-state index in [0.29, 0.717) is 5.75 Å². The van der Waals surface area contributed by atoms with Crippen LogP contribution in [-0.4, -0.2) is 17.1 Å². The average molecular weight is 363 g/mol. The van der Waals surface area contributed by atoms with Gasteiger partial charge in [-0.05, 0) is 17.7 Å². The highest BCUT2D eigenvalue weighted by Crippen LogP contribution is 2.30. The summed E-state index contributed by atoms with van der Waals surface area (Å²) in [6, 6.07) is 31.9. The van der Waals surface area contributed by atoms with Gasteiger partial charge in [0.05, 0.1) is 0 Å². The molecule has 0 amide bonds. The minimum absolute atomic E-state index is 0.648. The number of aromatic nitrogens is 1. The Morgan fingerprint density at radius 3 is 2.29 bits per heavy atom. The van der Waals surface area contributed by atoms with E-state index >= 15 is 0 Å². The summed E-state index contributed by atoms with van der Waals surface area (Å²) in [5, 5.41) is 13.1. The summed E-state index contributed by atoms with van der Waals surface area (Å²) in [6.45, 7) is 0. The first-order chi connectivity index (χ1) is 13.8. The van der Waals surface area contributed by atoms with Crippen LogP contribution in [0.4, 0.5) is 0 Å². The highest BCUT2D eigenvalue weighted by Gasteiger charge is 2.24. The van der Waals surface area contributed by atoms with E-state index in [1.807, 2.05) is 84.9 Å².